The van der Waals surface area contributed by atoms with E-state index in [9.17, 15) is 33.2 Å². The van der Waals surface area contributed by atoms with E-state index >= 15 is 0 Å². The summed E-state index contributed by atoms with van der Waals surface area (Å²) < 4.78 is 35.0. The first kappa shape index (κ1) is 30.3. The minimum Gasteiger partial charge on any atom is -0.501 e. The third kappa shape index (κ3) is 11.1. The molecule has 0 spiro atoms. The second-order valence-electron chi connectivity index (χ2n) is 8.17. The van der Waals surface area contributed by atoms with Crippen molar-refractivity contribution < 1.29 is 47.5 Å². The number of phenolic OH excluding ortho intramolecular Hbond substituents is 1. The lowest BCUT2D eigenvalue weighted by Crippen LogP contribution is -2.49. The third-order valence-electron chi connectivity index (χ3n) is 3.57. The number of hydrogen-bond donors (Lipinski definition) is 5. The van der Waals surface area contributed by atoms with Crippen molar-refractivity contribution in [1.29, 1.82) is 0 Å². The van der Waals surface area contributed by atoms with Crippen molar-refractivity contribution in [2.24, 2.45) is 5.92 Å². The fourth-order valence-electron chi connectivity index (χ4n) is 2.25. The largest absolute Gasteiger partial charge is 0.501 e. The number of amides is 1. The first-order valence-electron chi connectivity index (χ1n) is 9.31. The summed E-state index contributed by atoms with van der Waals surface area (Å²) in [5.41, 5.74) is -1.56. The molecule has 188 valence electrons. The van der Waals surface area contributed by atoms with Crippen molar-refractivity contribution in [3.63, 3.8) is 0 Å². The topological polar surface area (TPSA) is 214 Å². The van der Waals surface area contributed by atoms with Crippen LogP contribution in [0.15, 0.2) is 17.0 Å². The van der Waals surface area contributed by atoms with Crippen molar-refractivity contribution >= 4 is 39.5 Å². The van der Waals surface area contributed by atoms with Crippen LogP contribution in [0.3, 0.4) is 0 Å². The Morgan fingerprint density at radius 2 is 1.79 bits per heavy atom. The molecule has 0 aliphatic carbocycles. The highest BCUT2D eigenvalue weighted by molar-refractivity contribution is 7.85. The molecular formula is C18H27ClN2O11S. The molecule has 0 fully saturated rings. The van der Waals surface area contributed by atoms with Gasteiger partial charge in [0.15, 0.2) is 6.10 Å². The van der Waals surface area contributed by atoms with Crippen LogP contribution in [0.25, 0.3) is 0 Å². The number of rotatable bonds is 7. The van der Waals surface area contributed by atoms with Gasteiger partial charge in [0.25, 0.3) is 10.1 Å². The fourth-order valence-corrected chi connectivity index (χ4v) is 3.06. The van der Waals surface area contributed by atoms with E-state index in [2.05, 4.69) is 5.32 Å². The lowest BCUT2D eigenvalue weighted by atomic mass is 9.99. The monoisotopic (exact) mass is 514 g/mol. The SMILES string of the molecule is CC(C)C[C@@H](NC(=O)OC(C)(C)C)[C@H](O)C(=O)O.O=[N+]([O-])c1cc(S(=O)(=O)O)cc(Cl)c1O. The molecule has 0 aliphatic heterocycles. The quantitative estimate of drug-likeness (QED) is 0.202. The van der Waals surface area contributed by atoms with Gasteiger partial charge in [0.1, 0.15) is 10.5 Å². The number of carbonyl (C=O) groups is 2. The number of aliphatic carboxylic acids is 1. The van der Waals surface area contributed by atoms with Crippen LogP contribution in [0.2, 0.25) is 5.02 Å². The number of nitrogens with one attached hydrogen (secondary N) is 1. The molecule has 1 aromatic rings. The number of nitro benzene ring substituents is 1. The van der Waals surface area contributed by atoms with Gasteiger partial charge in [-0.25, -0.2) is 9.59 Å². The summed E-state index contributed by atoms with van der Waals surface area (Å²) in [4.78, 5) is 30.9. The second kappa shape index (κ2) is 12.0. The summed E-state index contributed by atoms with van der Waals surface area (Å²) in [5.74, 6) is -2.08. The molecule has 13 nitrogen and oxygen atoms in total. The van der Waals surface area contributed by atoms with Gasteiger partial charge in [-0.3, -0.25) is 14.7 Å². The highest BCUT2D eigenvalue weighted by atomic mass is 35.5. The Kier molecular flexibility index (Phi) is 11.0. The summed E-state index contributed by atoms with van der Waals surface area (Å²) in [6, 6.07) is 0.354. The number of ether oxygens (including phenoxy) is 1. The maximum absolute atomic E-state index is 11.5. The van der Waals surface area contributed by atoms with Crippen LogP contribution in [0.5, 0.6) is 5.75 Å². The van der Waals surface area contributed by atoms with E-state index in [4.69, 9.17) is 31.1 Å². The van der Waals surface area contributed by atoms with Crippen LogP contribution < -0.4 is 5.32 Å². The van der Waals surface area contributed by atoms with Gasteiger partial charge in [-0.1, -0.05) is 25.4 Å². The summed E-state index contributed by atoms with van der Waals surface area (Å²) in [6.45, 7) is 8.86. The zero-order valence-corrected chi connectivity index (χ0v) is 20.0. The molecule has 0 aromatic heterocycles. The number of benzene rings is 1. The molecule has 0 saturated heterocycles. The number of nitro groups is 1. The van der Waals surface area contributed by atoms with Crippen LogP contribution in [0, 0.1) is 16.0 Å². The van der Waals surface area contributed by atoms with E-state index in [1.54, 1.807) is 20.8 Å². The van der Waals surface area contributed by atoms with E-state index in [1.807, 2.05) is 13.8 Å². The average Bonchev–Trinajstić information content (AvgIpc) is 2.59. The van der Waals surface area contributed by atoms with E-state index < -0.39 is 66.2 Å². The number of carboxylic acids is 1. The summed E-state index contributed by atoms with van der Waals surface area (Å²) >= 11 is 5.34. The Morgan fingerprint density at radius 3 is 2.15 bits per heavy atom. The molecule has 0 unspecified atom stereocenters. The standard InChI is InChI=1S/C12H23NO5.C6H4ClNO6S/c1-7(2)6-8(9(14)10(15)16)13-11(17)18-12(3,4)5;7-4-1-3(15(12,13)14)2-5(6(4)9)8(10)11/h7-9,14H,6H2,1-5H3,(H,13,17)(H,15,16);1-2,9H,(H,12,13,14)/t8-,9+;/m1./s1. The van der Waals surface area contributed by atoms with Crippen LogP contribution in [0.1, 0.15) is 41.0 Å². The highest BCUT2D eigenvalue weighted by Crippen LogP contribution is 2.35. The number of aliphatic hydroxyl groups excluding tert-OH is 1. The van der Waals surface area contributed by atoms with Gasteiger partial charge in [-0.2, -0.15) is 8.42 Å². The zero-order valence-electron chi connectivity index (χ0n) is 18.5. The van der Waals surface area contributed by atoms with E-state index in [1.165, 1.54) is 0 Å². The Labute approximate surface area is 195 Å². The maximum Gasteiger partial charge on any atom is 0.407 e. The van der Waals surface area contributed by atoms with Gasteiger partial charge < -0.3 is 25.4 Å². The Balaban J connectivity index is 0.000000629. The first-order chi connectivity index (χ1) is 14.8. The molecule has 0 heterocycles. The molecule has 5 N–H and O–H groups in total. The maximum atomic E-state index is 11.5. The molecule has 0 radical (unpaired) electrons. The number of hydrogen-bond acceptors (Lipinski definition) is 9. The summed E-state index contributed by atoms with van der Waals surface area (Å²) in [6.07, 6.45) is -2.01. The molecule has 0 saturated carbocycles. The number of phenols is 1. The molecule has 0 bridgehead atoms. The zero-order chi connectivity index (χ0) is 26.3. The molecule has 15 heteroatoms. The van der Waals surface area contributed by atoms with Crippen LogP contribution in [0.4, 0.5) is 10.5 Å². The molecule has 1 amide bonds. The molecule has 0 aliphatic rings. The number of carboxylic acid groups (broad SMARTS) is 1. The second-order valence-corrected chi connectivity index (χ2v) is 10.00. The molecule has 1 rings (SSSR count). The summed E-state index contributed by atoms with van der Waals surface area (Å²) in [5, 5.41) is 39.6. The van der Waals surface area contributed by atoms with Gasteiger partial charge in [0.05, 0.1) is 16.0 Å². The van der Waals surface area contributed by atoms with Gasteiger partial charge in [0, 0.05) is 6.07 Å². The van der Waals surface area contributed by atoms with E-state index in [0.717, 1.165) is 0 Å². The van der Waals surface area contributed by atoms with Crippen LogP contribution in [-0.2, 0) is 19.6 Å². The summed E-state index contributed by atoms with van der Waals surface area (Å²) in [7, 11) is -4.60. The third-order valence-corrected chi connectivity index (χ3v) is 4.69. The minimum absolute atomic E-state index is 0.138. The van der Waals surface area contributed by atoms with Crippen molar-refractivity contribution in [2.45, 2.75) is 63.7 Å². The number of halogens is 1. The predicted octanol–water partition coefficient (Wildman–Crippen LogP) is 2.57. The number of carbonyl (C=O) groups excluding carboxylic acids is 1. The van der Waals surface area contributed by atoms with Crippen molar-refractivity contribution in [3.8, 4) is 5.75 Å². The van der Waals surface area contributed by atoms with Gasteiger partial charge in [0.2, 0.25) is 5.75 Å². The molecular weight excluding hydrogens is 488 g/mol. The van der Waals surface area contributed by atoms with E-state index in [-0.39, 0.29) is 5.92 Å². The Morgan fingerprint density at radius 1 is 1.27 bits per heavy atom. The fraction of sp³-hybridized carbons (Fsp3) is 0.556. The molecule has 2 atom stereocenters. The minimum atomic E-state index is -4.60. The average molecular weight is 515 g/mol. The normalized spacial score (nSPS) is 13.4. The smallest absolute Gasteiger partial charge is 0.407 e. The predicted molar refractivity (Wildman–Crippen MR) is 116 cm³/mol. The van der Waals surface area contributed by atoms with Crippen LogP contribution in [-0.4, -0.2) is 63.0 Å². The number of aliphatic hydroxyl groups is 1. The number of alkyl carbamates (subject to hydrolysis) is 1. The van der Waals surface area contributed by atoms with Gasteiger partial charge in [-0.05, 0) is 39.2 Å². The number of aromatic hydroxyl groups is 1. The van der Waals surface area contributed by atoms with Gasteiger partial charge in [-0.15, -0.1) is 0 Å². The lowest BCUT2D eigenvalue weighted by Gasteiger charge is -2.26. The van der Waals surface area contributed by atoms with Gasteiger partial charge >= 0.3 is 17.7 Å². The van der Waals surface area contributed by atoms with Crippen molar-refractivity contribution in [1.82, 2.24) is 5.32 Å². The molecule has 1 aromatic carbocycles. The van der Waals surface area contributed by atoms with Crippen molar-refractivity contribution in [3.05, 3.63) is 27.3 Å². The van der Waals surface area contributed by atoms with E-state index in [0.29, 0.717) is 18.6 Å². The van der Waals surface area contributed by atoms with Crippen molar-refractivity contribution in [2.75, 3.05) is 0 Å². The number of nitrogens with zero attached hydrogens (tertiary/aromatic N) is 1. The lowest BCUT2D eigenvalue weighted by molar-refractivity contribution is -0.386. The highest BCUT2D eigenvalue weighted by Gasteiger charge is 2.29. The molecule has 33 heavy (non-hydrogen) atoms. The Hall–Kier alpha value is -2.68. The Bertz CT molecular complexity index is 974. The first-order valence-corrected chi connectivity index (χ1v) is 11.1. The van der Waals surface area contributed by atoms with Crippen LogP contribution >= 0.6 is 11.6 Å².